The summed E-state index contributed by atoms with van der Waals surface area (Å²) in [7, 11) is -3.73. The Bertz CT molecular complexity index is 1060. The third-order valence-corrected chi connectivity index (χ3v) is 6.54. The van der Waals surface area contributed by atoms with Crippen LogP contribution in [-0.2, 0) is 15.8 Å². The van der Waals surface area contributed by atoms with Gasteiger partial charge in [0.25, 0.3) is 0 Å². The standard InChI is InChI=1S/C18H19FN6O2S/c19-14-6-2-1-5-13(14)12-28(26,27)25-10-4-3-7-16(25)18-22-17(23-24-18)15-11-20-8-9-21-15/h1-2,5-6,8-9,11,16H,3-4,7,10,12H2,(H,22,23,24). The van der Waals surface area contributed by atoms with Gasteiger partial charge in [0.1, 0.15) is 17.3 Å². The van der Waals surface area contributed by atoms with Gasteiger partial charge in [-0.05, 0) is 18.9 Å². The van der Waals surface area contributed by atoms with Crippen molar-refractivity contribution in [2.24, 2.45) is 0 Å². The summed E-state index contributed by atoms with van der Waals surface area (Å²) in [6.07, 6.45) is 6.87. The van der Waals surface area contributed by atoms with Gasteiger partial charge in [0.2, 0.25) is 15.8 Å². The second-order valence-electron chi connectivity index (χ2n) is 6.60. The van der Waals surface area contributed by atoms with Crippen LogP contribution >= 0.6 is 0 Å². The molecule has 1 aliphatic rings. The summed E-state index contributed by atoms with van der Waals surface area (Å²) in [6.45, 7) is 0.364. The van der Waals surface area contributed by atoms with Crippen molar-refractivity contribution in [3.63, 3.8) is 0 Å². The molecule has 1 aromatic carbocycles. The van der Waals surface area contributed by atoms with E-state index in [-0.39, 0.29) is 11.3 Å². The number of aromatic nitrogens is 5. The van der Waals surface area contributed by atoms with Crippen LogP contribution in [0.1, 0.15) is 36.7 Å². The summed E-state index contributed by atoms with van der Waals surface area (Å²) in [4.78, 5) is 12.6. The van der Waals surface area contributed by atoms with Crippen molar-refractivity contribution in [2.45, 2.75) is 31.1 Å². The van der Waals surface area contributed by atoms with Crippen LogP contribution in [0.2, 0.25) is 0 Å². The maximum absolute atomic E-state index is 14.0. The Labute approximate surface area is 161 Å². The van der Waals surface area contributed by atoms with Gasteiger partial charge in [0.05, 0.1) is 18.0 Å². The first-order chi connectivity index (χ1) is 13.5. The molecule has 146 valence electrons. The zero-order valence-electron chi connectivity index (χ0n) is 15.0. The summed E-state index contributed by atoms with van der Waals surface area (Å²) >= 11 is 0. The van der Waals surface area contributed by atoms with Gasteiger partial charge < -0.3 is 0 Å². The van der Waals surface area contributed by atoms with E-state index in [0.29, 0.717) is 30.3 Å². The zero-order chi connectivity index (χ0) is 19.6. The Kier molecular flexibility index (Phi) is 5.14. The van der Waals surface area contributed by atoms with E-state index in [0.717, 1.165) is 12.8 Å². The molecular formula is C18H19FN6O2S. The predicted molar refractivity (Wildman–Crippen MR) is 99.7 cm³/mol. The first-order valence-electron chi connectivity index (χ1n) is 8.96. The van der Waals surface area contributed by atoms with Gasteiger partial charge in [-0.2, -0.15) is 9.40 Å². The number of nitrogens with one attached hydrogen (secondary N) is 1. The second-order valence-corrected chi connectivity index (χ2v) is 8.53. The molecule has 0 radical (unpaired) electrons. The lowest BCUT2D eigenvalue weighted by Crippen LogP contribution is -2.39. The van der Waals surface area contributed by atoms with Crippen LogP contribution in [-0.4, -0.2) is 44.4 Å². The number of hydrogen-bond donors (Lipinski definition) is 1. The Morgan fingerprint density at radius 2 is 2.07 bits per heavy atom. The fraction of sp³-hybridized carbons (Fsp3) is 0.333. The fourth-order valence-corrected chi connectivity index (χ4v) is 5.15. The number of sulfonamides is 1. The molecule has 10 heteroatoms. The van der Waals surface area contributed by atoms with Crippen LogP contribution in [0, 0.1) is 5.82 Å². The van der Waals surface area contributed by atoms with Gasteiger partial charge in [-0.3, -0.25) is 10.1 Å². The topological polar surface area (TPSA) is 105 Å². The number of hydrogen-bond acceptors (Lipinski definition) is 6. The number of H-pyrrole nitrogens is 1. The average Bonchev–Trinajstić information content (AvgIpc) is 3.20. The minimum absolute atomic E-state index is 0.157. The summed E-state index contributed by atoms with van der Waals surface area (Å²) in [5.74, 6) is -0.0942. The first-order valence-corrected chi connectivity index (χ1v) is 10.6. The van der Waals surface area contributed by atoms with Crippen molar-refractivity contribution in [3.8, 4) is 11.5 Å². The molecule has 0 saturated carbocycles. The highest BCUT2D eigenvalue weighted by Gasteiger charge is 2.35. The lowest BCUT2D eigenvalue weighted by atomic mass is 10.0. The molecule has 0 spiro atoms. The molecule has 2 aromatic heterocycles. The van der Waals surface area contributed by atoms with Crippen molar-refractivity contribution < 1.29 is 12.8 Å². The average molecular weight is 402 g/mol. The third-order valence-electron chi connectivity index (χ3n) is 4.72. The maximum Gasteiger partial charge on any atom is 0.219 e. The molecule has 3 heterocycles. The summed E-state index contributed by atoms with van der Waals surface area (Å²) < 4.78 is 41.5. The van der Waals surface area contributed by atoms with Crippen LogP contribution < -0.4 is 0 Å². The molecule has 1 atom stereocenters. The smallest absolute Gasteiger partial charge is 0.219 e. The number of benzene rings is 1. The molecule has 28 heavy (non-hydrogen) atoms. The summed E-state index contributed by atoms with van der Waals surface area (Å²) in [5.41, 5.74) is 0.659. The Morgan fingerprint density at radius 1 is 1.21 bits per heavy atom. The Balaban J connectivity index is 1.61. The largest absolute Gasteiger partial charge is 0.261 e. The molecule has 3 aromatic rings. The number of aromatic amines is 1. The van der Waals surface area contributed by atoms with Crippen LogP contribution in [0.25, 0.3) is 11.5 Å². The lowest BCUT2D eigenvalue weighted by molar-refractivity contribution is 0.246. The van der Waals surface area contributed by atoms with E-state index in [1.807, 2.05) is 0 Å². The van der Waals surface area contributed by atoms with Gasteiger partial charge in [-0.15, -0.1) is 0 Å². The number of nitrogens with zero attached hydrogens (tertiary/aromatic N) is 5. The van der Waals surface area contributed by atoms with E-state index in [1.165, 1.54) is 28.7 Å². The van der Waals surface area contributed by atoms with Gasteiger partial charge in [0, 0.05) is 24.5 Å². The molecule has 0 aliphatic carbocycles. The summed E-state index contributed by atoms with van der Waals surface area (Å²) in [5, 5.41) is 7.00. The molecule has 1 aliphatic heterocycles. The van der Waals surface area contributed by atoms with E-state index >= 15 is 0 Å². The predicted octanol–water partition coefficient (Wildman–Crippen LogP) is 2.46. The van der Waals surface area contributed by atoms with Gasteiger partial charge >= 0.3 is 0 Å². The van der Waals surface area contributed by atoms with Crippen molar-refractivity contribution in [2.75, 3.05) is 6.54 Å². The molecule has 0 amide bonds. The monoisotopic (exact) mass is 402 g/mol. The molecule has 1 N–H and O–H groups in total. The number of piperidine rings is 1. The molecule has 0 bridgehead atoms. The van der Waals surface area contributed by atoms with E-state index in [2.05, 4.69) is 25.1 Å². The Morgan fingerprint density at radius 3 is 2.86 bits per heavy atom. The Hall–Kier alpha value is -2.72. The maximum atomic E-state index is 14.0. The molecular weight excluding hydrogens is 383 g/mol. The molecule has 1 unspecified atom stereocenters. The van der Waals surface area contributed by atoms with Crippen LogP contribution in [0.4, 0.5) is 4.39 Å². The zero-order valence-corrected chi connectivity index (χ0v) is 15.8. The molecule has 1 fully saturated rings. The normalized spacial score (nSPS) is 18.2. The van der Waals surface area contributed by atoms with Crippen LogP contribution in [0.15, 0.2) is 42.9 Å². The quantitative estimate of drug-likeness (QED) is 0.703. The second kappa shape index (κ2) is 7.72. The minimum atomic E-state index is -3.73. The molecule has 1 saturated heterocycles. The fourth-order valence-electron chi connectivity index (χ4n) is 3.36. The van der Waals surface area contributed by atoms with E-state index in [4.69, 9.17) is 0 Å². The SMILES string of the molecule is O=S(=O)(Cc1ccccc1F)N1CCCCC1c1nc(-c2cnccn2)n[nH]1. The van der Waals surface area contributed by atoms with Gasteiger partial charge in [0.15, 0.2) is 0 Å². The van der Waals surface area contributed by atoms with Crippen molar-refractivity contribution in [3.05, 3.63) is 60.1 Å². The third kappa shape index (κ3) is 3.78. The number of rotatable bonds is 5. The number of halogens is 1. The summed E-state index contributed by atoms with van der Waals surface area (Å²) in [6, 6.07) is 5.46. The van der Waals surface area contributed by atoms with E-state index in [9.17, 15) is 12.8 Å². The molecule has 4 rings (SSSR count). The minimum Gasteiger partial charge on any atom is -0.261 e. The van der Waals surface area contributed by atoms with Gasteiger partial charge in [-0.1, -0.05) is 24.6 Å². The van der Waals surface area contributed by atoms with Crippen molar-refractivity contribution >= 4 is 10.0 Å². The van der Waals surface area contributed by atoms with Gasteiger partial charge in [-0.25, -0.2) is 22.8 Å². The first kappa shape index (κ1) is 18.6. The van der Waals surface area contributed by atoms with Crippen molar-refractivity contribution in [1.29, 1.82) is 0 Å². The lowest BCUT2D eigenvalue weighted by Gasteiger charge is -2.33. The van der Waals surface area contributed by atoms with E-state index < -0.39 is 21.9 Å². The highest BCUT2D eigenvalue weighted by Crippen LogP contribution is 2.33. The van der Waals surface area contributed by atoms with Crippen molar-refractivity contribution in [1.82, 2.24) is 29.5 Å². The van der Waals surface area contributed by atoms with Crippen LogP contribution in [0.3, 0.4) is 0 Å². The highest BCUT2D eigenvalue weighted by molar-refractivity contribution is 7.88. The highest BCUT2D eigenvalue weighted by atomic mass is 32.2. The van der Waals surface area contributed by atoms with E-state index in [1.54, 1.807) is 18.5 Å². The molecule has 8 nitrogen and oxygen atoms in total. The van der Waals surface area contributed by atoms with Crippen LogP contribution in [0.5, 0.6) is 0 Å².